The van der Waals surface area contributed by atoms with Crippen LogP contribution in [0.15, 0.2) is 24.3 Å². The predicted molar refractivity (Wildman–Crippen MR) is 98.8 cm³/mol. The van der Waals surface area contributed by atoms with Gasteiger partial charge in [0, 0.05) is 18.6 Å². The number of aliphatic carboxylic acids is 1. The highest BCUT2D eigenvalue weighted by Crippen LogP contribution is 2.35. The number of carboxylic acid groups (broad SMARTS) is 1. The number of hydrogen-bond donors (Lipinski definition) is 1. The molecule has 1 fully saturated rings. The van der Waals surface area contributed by atoms with E-state index in [0.29, 0.717) is 12.1 Å². The Bertz CT molecular complexity index is 552. The minimum atomic E-state index is -0.727. The summed E-state index contributed by atoms with van der Waals surface area (Å²) >= 11 is 0. The molecule has 0 saturated carbocycles. The SMILES string of the molecule is CN(CC(=O)O)C1CCCN(C2CCCc3ccccc32)CC1.Cl. The van der Waals surface area contributed by atoms with Crippen LogP contribution in [-0.4, -0.2) is 53.6 Å². The highest BCUT2D eigenvalue weighted by atomic mass is 35.5. The van der Waals surface area contributed by atoms with Crippen LogP contribution in [0, 0.1) is 0 Å². The summed E-state index contributed by atoms with van der Waals surface area (Å²) in [7, 11) is 1.95. The van der Waals surface area contributed by atoms with Gasteiger partial charge in [0.15, 0.2) is 0 Å². The molecule has 0 bridgehead atoms. The van der Waals surface area contributed by atoms with Crippen molar-refractivity contribution in [3.8, 4) is 0 Å². The summed E-state index contributed by atoms with van der Waals surface area (Å²) in [6, 6.07) is 9.86. The lowest BCUT2D eigenvalue weighted by atomic mass is 9.86. The van der Waals surface area contributed by atoms with E-state index in [2.05, 4.69) is 29.2 Å². The molecule has 0 spiro atoms. The largest absolute Gasteiger partial charge is 0.480 e. The lowest BCUT2D eigenvalue weighted by Crippen LogP contribution is -2.37. The summed E-state index contributed by atoms with van der Waals surface area (Å²) in [5.74, 6) is -0.727. The first kappa shape index (κ1) is 19.2. The van der Waals surface area contributed by atoms with Crippen LogP contribution in [-0.2, 0) is 11.2 Å². The van der Waals surface area contributed by atoms with Crippen LogP contribution in [0.3, 0.4) is 0 Å². The second-order valence-corrected chi connectivity index (χ2v) is 7.04. The van der Waals surface area contributed by atoms with Gasteiger partial charge in [-0.1, -0.05) is 24.3 Å². The number of likely N-dealkylation sites (N-methyl/N-ethyl adjacent to an activating group) is 1. The van der Waals surface area contributed by atoms with Gasteiger partial charge >= 0.3 is 5.97 Å². The van der Waals surface area contributed by atoms with Crippen LogP contribution in [0.4, 0.5) is 0 Å². The summed E-state index contributed by atoms with van der Waals surface area (Å²) in [5.41, 5.74) is 3.05. The van der Waals surface area contributed by atoms with Crippen LogP contribution in [0.2, 0.25) is 0 Å². The summed E-state index contributed by atoms with van der Waals surface area (Å²) in [5, 5.41) is 9.00. The molecule has 5 heteroatoms. The number of aryl methyl sites for hydroxylation is 1. The van der Waals surface area contributed by atoms with Crippen LogP contribution in [0.5, 0.6) is 0 Å². The molecule has 2 atom stereocenters. The van der Waals surface area contributed by atoms with E-state index in [1.165, 1.54) is 30.4 Å². The van der Waals surface area contributed by atoms with Gasteiger partial charge in [-0.15, -0.1) is 12.4 Å². The fraction of sp³-hybridized carbons (Fsp3) is 0.632. The maximum absolute atomic E-state index is 10.9. The summed E-state index contributed by atoms with van der Waals surface area (Å²) in [4.78, 5) is 15.6. The third-order valence-corrected chi connectivity index (χ3v) is 5.52. The van der Waals surface area contributed by atoms with E-state index in [9.17, 15) is 4.79 Å². The van der Waals surface area contributed by atoms with Gasteiger partial charge in [-0.05, 0) is 63.2 Å². The van der Waals surface area contributed by atoms with Crippen molar-refractivity contribution in [2.45, 2.75) is 50.6 Å². The molecule has 2 aliphatic rings. The molecule has 1 saturated heterocycles. The fourth-order valence-corrected chi connectivity index (χ4v) is 4.30. The van der Waals surface area contributed by atoms with Crippen molar-refractivity contribution in [1.82, 2.24) is 9.80 Å². The molecule has 1 N–H and O–H groups in total. The van der Waals surface area contributed by atoms with Crippen molar-refractivity contribution in [1.29, 1.82) is 0 Å². The van der Waals surface area contributed by atoms with E-state index in [0.717, 1.165) is 32.4 Å². The number of fused-ring (bicyclic) bond motifs is 1. The topological polar surface area (TPSA) is 43.8 Å². The Morgan fingerprint density at radius 2 is 2.00 bits per heavy atom. The quantitative estimate of drug-likeness (QED) is 0.902. The van der Waals surface area contributed by atoms with Crippen molar-refractivity contribution in [2.24, 2.45) is 0 Å². The summed E-state index contributed by atoms with van der Waals surface area (Å²) in [6.45, 7) is 2.36. The second-order valence-electron chi connectivity index (χ2n) is 7.04. The van der Waals surface area contributed by atoms with Gasteiger partial charge in [0.25, 0.3) is 0 Å². The van der Waals surface area contributed by atoms with E-state index in [4.69, 9.17) is 5.11 Å². The fourth-order valence-electron chi connectivity index (χ4n) is 4.30. The number of hydrogen-bond acceptors (Lipinski definition) is 3. The zero-order valence-corrected chi connectivity index (χ0v) is 15.3. The van der Waals surface area contributed by atoms with Gasteiger partial charge in [-0.2, -0.15) is 0 Å². The lowest BCUT2D eigenvalue weighted by Gasteiger charge is -2.35. The van der Waals surface area contributed by atoms with Gasteiger partial charge in [-0.3, -0.25) is 14.6 Å². The molecule has 4 nitrogen and oxygen atoms in total. The highest BCUT2D eigenvalue weighted by molar-refractivity contribution is 5.85. The Balaban J connectivity index is 0.00000208. The van der Waals surface area contributed by atoms with Gasteiger partial charge in [0.1, 0.15) is 0 Å². The zero-order valence-electron chi connectivity index (χ0n) is 14.5. The molecule has 0 aromatic heterocycles. The minimum absolute atomic E-state index is 0. The average molecular weight is 353 g/mol. The number of rotatable bonds is 4. The standard InChI is InChI=1S/C19H28N2O2.ClH/c1-20(14-19(22)23)16-8-5-12-21(13-11-16)18-10-4-7-15-6-2-3-9-17(15)18;/h2-3,6,9,16,18H,4-5,7-8,10-14H2,1H3,(H,22,23);1H. The van der Waals surface area contributed by atoms with Gasteiger partial charge in [0.2, 0.25) is 0 Å². The van der Waals surface area contributed by atoms with E-state index in [1.54, 1.807) is 0 Å². The Morgan fingerprint density at radius 1 is 1.21 bits per heavy atom. The first-order valence-corrected chi connectivity index (χ1v) is 8.89. The van der Waals surface area contributed by atoms with Gasteiger partial charge in [-0.25, -0.2) is 0 Å². The van der Waals surface area contributed by atoms with Crippen molar-refractivity contribution in [2.75, 3.05) is 26.7 Å². The van der Waals surface area contributed by atoms with E-state index >= 15 is 0 Å². The third-order valence-electron chi connectivity index (χ3n) is 5.52. The number of carboxylic acids is 1. The third kappa shape index (κ3) is 4.50. The first-order valence-electron chi connectivity index (χ1n) is 8.89. The summed E-state index contributed by atoms with van der Waals surface area (Å²) < 4.78 is 0. The van der Waals surface area contributed by atoms with Gasteiger partial charge < -0.3 is 5.11 Å². The Hall–Kier alpha value is -1.10. The van der Waals surface area contributed by atoms with E-state index in [-0.39, 0.29) is 19.0 Å². The normalized spacial score (nSPS) is 24.8. The van der Waals surface area contributed by atoms with E-state index in [1.807, 2.05) is 11.9 Å². The molecule has 2 unspecified atom stereocenters. The van der Waals surface area contributed by atoms with Crippen LogP contribution in [0.25, 0.3) is 0 Å². The van der Waals surface area contributed by atoms with Crippen molar-refractivity contribution >= 4 is 18.4 Å². The molecule has 3 rings (SSSR count). The van der Waals surface area contributed by atoms with E-state index < -0.39 is 5.97 Å². The zero-order chi connectivity index (χ0) is 16.2. The van der Waals surface area contributed by atoms with Gasteiger partial charge in [0.05, 0.1) is 6.54 Å². The number of likely N-dealkylation sites (tertiary alicyclic amines) is 1. The average Bonchev–Trinajstić information content (AvgIpc) is 2.80. The molecular formula is C19H29ClN2O2. The molecule has 1 aliphatic carbocycles. The van der Waals surface area contributed by atoms with Crippen LogP contribution < -0.4 is 0 Å². The molecule has 24 heavy (non-hydrogen) atoms. The second kappa shape index (κ2) is 8.84. The van der Waals surface area contributed by atoms with Crippen LogP contribution in [0.1, 0.15) is 49.3 Å². The molecule has 0 amide bonds. The molecule has 1 heterocycles. The molecule has 1 aliphatic heterocycles. The number of carbonyl (C=O) groups is 1. The maximum Gasteiger partial charge on any atom is 0.317 e. The van der Waals surface area contributed by atoms with Crippen LogP contribution >= 0.6 is 12.4 Å². The first-order chi connectivity index (χ1) is 11.1. The smallest absolute Gasteiger partial charge is 0.317 e. The Kier molecular flexibility index (Phi) is 7.08. The highest BCUT2D eigenvalue weighted by Gasteiger charge is 2.29. The number of benzene rings is 1. The lowest BCUT2D eigenvalue weighted by molar-refractivity contribution is -0.138. The minimum Gasteiger partial charge on any atom is -0.480 e. The summed E-state index contributed by atoms with van der Waals surface area (Å²) in [6.07, 6.45) is 7.09. The van der Waals surface area contributed by atoms with Crippen molar-refractivity contribution in [3.63, 3.8) is 0 Å². The maximum atomic E-state index is 10.9. The molecule has 1 aromatic carbocycles. The molecule has 134 valence electrons. The Labute approximate surface area is 151 Å². The number of nitrogens with zero attached hydrogens (tertiary/aromatic N) is 2. The monoisotopic (exact) mass is 352 g/mol. The van der Waals surface area contributed by atoms with Crippen molar-refractivity contribution in [3.05, 3.63) is 35.4 Å². The predicted octanol–water partition coefficient (Wildman–Crippen LogP) is 3.36. The molecular weight excluding hydrogens is 324 g/mol. The molecule has 1 aromatic rings. The molecule has 0 radical (unpaired) electrons. The van der Waals surface area contributed by atoms with Crippen molar-refractivity contribution < 1.29 is 9.90 Å². The Morgan fingerprint density at radius 3 is 2.79 bits per heavy atom. The number of halogens is 1.